The van der Waals surface area contributed by atoms with Gasteiger partial charge in [-0.15, -0.1) is 0 Å². The van der Waals surface area contributed by atoms with E-state index in [2.05, 4.69) is 67.6 Å². The average molecular weight is 485 g/mol. The van der Waals surface area contributed by atoms with Crippen LogP contribution in [0.3, 0.4) is 0 Å². The maximum Gasteiger partial charge on any atom is 0.338 e. The first-order valence-electron chi connectivity index (χ1n) is 13.4. The largest absolute Gasteiger partial charge is 0.458 e. The molecule has 3 nitrogen and oxygen atoms in total. The lowest BCUT2D eigenvalue weighted by Gasteiger charge is -2.54. The average Bonchev–Trinajstić information content (AvgIpc) is 2.78. The van der Waals surface area contributed by atoms with Crippen LogP contribution in [-0.2, 0) is 9.16 Å². The number of hydrogen-bond donors (Lipinski definition) is 0. The number of esters is 1. The Bertz CT molecular complexity index is 854. The van der Waals surface area contributed by atoms with Crippen molar-refractivity contribution in [2.24, 2.45) is 35.5 Å². The molecule has 3 rings (SSSR count). The first kappa shape index (κ1) is 27.2. The molecule has 0 bridgehead atoms. The number of allylic oxidation sites excluding steroid dienone is 2. The van der Waals surface area contributed by atoms with Gasteiger partial charge in [-0.25, -0.2) is 4.79 Å². The van der Waals surface area contributed by atoms with E-state index in [1.807, 2.05) is 30.3 Å². The van der Waals surface area contributed by atoms with Crippen LogP contribution in [0.4, 0.5) is 0 Å². The van der Waals surface area contributed by atoms with E-state index in [0.717, 1.165) is 25.9 Å². The summed E-state index contributed by atoms with van der Waals surface area (Å²) in [7, 11) is -1.86. The van der Waals surface area contributed by atoms with Crippen molar-refractivity contribution in [2.45, 2.75) is 92.0 Å². The third-order valence-electron chi connectivity index (χ3n) is 9.44. The maximum absolute atomic E-state index is 13.0. The normalized spacial score (nSPS) is 32.7. The molecule has 0 saturated heterocycles. The van der Waals surface area contributed by atoms with E-state index in [1.165, 1.54) is 5.57 Å². The van der Waals surface area contributed by atoms with E-state index < -0.39 is 8.32 Å². The molecular formula is C30H48O3Si. The zero-order chi connectivity index (χ0) is 25.3. The Hall–Kier alpha value is -1.39. The second-order valence-electron chi connectivity index (χ2n) is 12.6. The summed E-state index contributed by atoms with van der Waals surface area (Å²) in [5.41, 5.74) is 2.15. The third-order valence-corrected chi connectivity index (χ3v) is 13.9. The quantitative estimate of drug-likeness (QED) is 0.232. The Morgan fingerprint density at radius 2 is 1.74 bits per heavy atom. The smallest absolute Gasteiger partial charge is 0.338 e. The van der Waals surface area contributed by atoms with Crippen LogP contribution in [-0.4, -0.2) is 27.0 Å². The minimum atomic E-state index is -1.86. The van der Waals surface area contributed by atoms with E-state index in [1.54, 1.807) is 0 Å². The first-order valence-corrected chi connectivity index (χ1v) is 16.3. The molecule has 0 N–H and O–H groups in total. The van der Waals surface area contributed by atoms with E-state index in [9.17, 15) is 4.79 Å². The second kappa shape index (κ2) is 10.7. The number of benzene rings is 1. The predicted octanol–water partition coefficient (Wildman–Crippen LogP) is 8.13. The highest BCUT2D eigenvalue weighted by atomic mass is 28.4. The SMILES string of the molecule is CC=C(C)[C@H]1[C@@H](CO[Si](C)(C)C(C)(C)C)[C@H]2[C@@H](C[C@@H]1C)[C@@H](OC(=O)c1ccccc1)CC[C@@H]2C. The summed E-state index contributed by atoms with van der Waals surface area (Å²) in [6, 6.07) is 9.47. The van der Waals surface area contributed by atoms with Gasteiger partial charge in [0.1, 0.15) is 6.10 Å². The zero-order valence-electron chi connectivity index (χ0n) is 23.1. The third kappa shape index (κ3) is 5.70. The van der Waals surface area contributed by atoms with Gasteiger partial charge in [-0.1, -0.05) is 64.5 Å². The molecule has 0 unspecified atom stereocenters. The first-order chi connectivity index (χ1) is 15.9. The molecule has 0 radical (unpaired) electrons. The molecule has 2 aliphatic rings. The van der Waals surface area contributed by atoms with Crippen LogP contribution in [0, 0.1) is 35.5 Å². The molecule has 2 fully saturated rings. The number of fused-ring (bicyclic) bond motifs is 1. The lowest BCUT2D eigenvalue weighted by atomic mass is 9.53. The molecule has 1 aromatic rings. The standard InChI is InChI=1S/C30H48O3Si/c1-10-20(2)27-22(4)18-24-26(33-29(31)23-14-12-11-13-15-23)17-16-21(3)28(24)25(27)19-32-34(8,9)30(5,6)7/h10-15,21-22,24-28H,16-19H2,1-9H3/t21-,22-,24-,25+,26-,27+,28+/m0/s1. The summed E-state index contributed by atoms with van der Waals surface area (Å²) < 4.78 is 13.1. The van der Waals surface area contributed by atoms with Gasteiger partial charge >= 0.3 is 5.97 Å². The molecule has 2 aliphatic carbocycles. The Kier molecular flexibility index (Phi) is 8.56. The maximum atomic E-state index is 13.0. The van der Waals surface area contributed by atoms with Crippen LogP contribution < -0.4 is 0 Å². The Morgan fingerprint density at radius 3 is 2.32 bits per heavy atom. The van der Waals surface area contributed by atoms with Gasteiger partial charge in [0, 0.05) is 6.61 Å². The molecule has 190 valence electrons. The van der Waals surface area contributed by atoms with Gasteiger partial charge in [-0.05, 0) is 98.9 Å². The highest BCUT2D eigenvalue weighted by molar-refractivity contribution is 6.74. The van der Waals surface area contributed by atoms with Gasteiger partial charge in [0.25, 0.3) is 0 Å². The van der Waals surface area contributed by atoms with Crippen molar-refractivity contribution in [3.8, 4) is 0 Å². The fourth-order valence-electron chi connectivity index (χ4n) is 6.43. The minimum absolute atomic E-state index is 0.00131. The number of carbonyl (C=O) groups excluding carboxylic acids is 1. The van der Waals surface area contributed by atoms with Crippen LogP contribution in [0.5, 0.6) is 0 Å². The van der Waals surface area contributed by atoms with Crippen LogP contribution in [0.15, 0.2) is 42.0 Å². The summed E-state index contributed by atoms with van der Waals surface area (Å²) in [5, 5.41) is 0.198. The topological polar surface area (TPSA) is 35.5 Å². The van der Waals surface area contributed by atoms with Gasteiger partial charge in [0.05, 0.1) is 5.56 Å². The molecule has 0 aromatic heterocycles. The summed E-state index contributed by atoms with van der Waals surface area (Å²) >= 11 is 0. The minimum Gasteiger partial charge on any atom is -0.458 e. The van der Waals surface area contributed by atoms with Gasteiger partial charge in [-0.2, -0.15) is 0 Å². The predicted molar refractivity (Wildman–Crippen MR) is 144 cm³/mol. The molecule has 0 heterocycles. The Labute approximate surface area is 209 Å². The van der Waals surface area contributed by atoms with Gasteiger partial charge in [-0.3, -0.25) is 0 Å². The van der Waals surface area contributed by atoms with E-state index >= 15 is 0 Å². The molecule has 7 atom stereocenters. The summed E-state index contributed by atoms with van der Waals surface area (Å²) in [6.07, 6.45) is 5.51. The van der Waals surface area contributed by atoms with E-state index in [0.29, 0.717) is 41.1 Å². The lowest BCUT2D eigenvalue weighted by Crippen LogP contribution is -2.53. The second-order valence-corrected chi connectivity index (χ2v) is 17.4. The van der Waals surface area contributed by atoms with Crippen LogP contribution >= 0.6 is 0 Å². The van der Waals surface area contributed by atoms with Gasteiger partial charge in [0.2, 0.25) is 0 Å². The van der Waals surface area contributed by atoms with Crippen molar-refractivity contribution in [3.63, 3.8) is 0 Å². The number of hydrogen-bond acceptors (Lipinski definition) is 3. The number of rotatable bonds is 6. The summed E-state index contributed by atoms with van der Waals surface area (Å²) in [5.74, 6) is 2.91. The number of ether oxygens (including phenoxy) is 1. The molecule has 4 heteroatoms. The molecular weight excluding hydrogens is 436 g/mol. The lowest BCUT2D eigenvalue weighted by molar-refractivity contribution is -0.0921. The van der Waals surface area contributed by atoms with Crippen LogP contribution in [0.1, 0.15) is 78.1 Å². The molecule has 34 heavy (non-hydrogen) atoms. The van der Waals surface area contributed by atoms with Gasteiger partial charge < -0.3 is 9.16 Å². The summed E-state index contributed by atoms with van der Waals surface area (Å²) in [4.78, 5) is 13.0. The fourth-order valence-corrected chi connectivity index (χ4v) is 7.47. The van der Waals surface area contributed by atoms with Crippen molar-refractivity contribution < 1.29 is 14.0 Å². The highest BCUT2D eigenvalue weighted by Crippen LogP contribution is 2.54. The van der Waals surface area contributed by atoms with Crippen molar-refractivity contribution in [3.05, 3.63) is 47.5 Å². The van der Waals surface area contributed by atoms with Crippen molar-refractivity contribution in [2.75, 3.05) is 6.61 Å². The molecule has 0 aliphatic heterocycles. The van der Waals surface area contributed by atoms with E-state index in [-0.39, 0.29) is 17.1 Å². The van der Waals surface area contributed by atoms with E-state index in [4.69, 9.17) is 9.16 Å². The monoisotopic (exact) mass is 484 g/mol. The zero-order valence-corrected chi connectivity index (χ0v) is 24.1. The Morgan fingerprint density at radius 1 is 1.09 bits per heavy atom. The van der Waals surface area contributed by atoms with Crippen molar-refractivity contribution in [1.82, 2.24) is 0 Å². The molecule has 2 saturated carbocycles. The van der Waals surface area contributed by atoms with Crippen LogP contribution in [0.25, 0.3) is 0 Å². The van der Waals surface area contributed by atoms with Gasteiger partial charge in [0.15, 0.2) is 8.32 Å². The molecule has 0 amide bonds. The fraction of sp³-hybridized carbons (Fsp3) is 0.700. The highest BCUT2D eigenvalue weighted by Gasteiger charge is 2.51. The number of carbonyl (C=O) groups is 1. The summed E-state index contributed by atoms with van der Waals surface area (Å²) in [6.45, 7) is 21.8. The Balaban J connectivity index is 1.89. The molecule has 0 spiro atoms. The van der Waals surface area contributed by atoms with Crippen LogP contribution in [0.2, 0.25) is 18.1 Å². The molecule has 1 aromatic carbocycles. The van der Waals surface area contributed by atoms with Crippen molar-refractivity contribution in [1.29, 1.82) is 0 Å². The van der Waals surface area contributed by atoms with Crippen molar-refractivity contribution >= 4 is 14.3 Å².